The van der Waals surface area contributed by atoms with Crippen LogP contribution in [-0.2, 0) is 10.0 Å². The summed E-state index contributed by atoms with van der Waals surface area (Å²) in [5.41, 5.74) is 3.91. The summed E-state index contributed by atoms with van der Waals surface area (Å²) in [6, 6.07) is 14.8. The summed E-state index contributed by atoms with van der Waals surface area (Å²) >= 11 is 0. The van der Waals surface area contributed by atoms with E-state index in [1.54, 1.807) is 12.1 Å². The van der Waals surface area contributed by atoms with Crippen molar-refractivity contribution >= 4 is 15.7 Å². The molecule has 0 spiro atoms. The van der Waals surface area contributed by atoms with Crippen molar-refractivity contribution in [1.29, 1.82) is 0 Å². The van der Waals surface area contributed by atoms with Gasteiger partial charge in [0.1, 0.15) is 0 Å². The average molecular weight is 399 g/mol. The SMILES string of the molecule is CCN(c1cccc(C)c1)S(=O)(=O)c1cc(-c2cc(C)no2)ccc1C(C)C. The van der Waals surface area contributed by atoms with E-state index in [4.69, 9.17) is 4.52 Å². The number of sulfonamides is 1. The van der Waals surface area contributed by atoms with Crippen molar-refractivity contribution in [2.75, 3.05) is 10.8 Å². The number of aryl methyl sites for hydroxylation is 2. The number of anilines is 1. The Hall–Kier alpha value is -2.60. The molecule has 0 aliphatic carbocycles. The molecule has 0 radical (unpaired) electrons. The zero-order valence-electron chi connectivity index (χ0n) is 16.9. The molecule has 0 saturated heterocycles. The minimum Gasteiger partial charge on any atom is -0.356 e. The fourth-order valence-electron chi connectivity index (χ4n) is 3.28. The summed E-state index contributed by atoms with van der Waals surface area (Å²) in [5, 5.41) is 3.92. The number of hydrogen-bond acceptors (Lipinski definition) is 4. The third kappa shape index (κ3) is 3.83. The van der Waals surface area contributed by atoms with Gasteiger partial charge in [-0.3, -0.25) is 4.31 Å². The molecule has 148 valence electrons. The third-order valence-electron chi connectivity index (χ3n) is 4.69. The maximum Gasteiger partial charge on any atom is 0.264 e. The Bertz CT molecular complexity index is 1080. The number of aromatic nitrogens is 1. The zero-order chi connectivity index (χ0) is 20.5. The Kier molecular flexibility index (Phi) is 5.61. The van der Waals surface area contributed by atoms with Crippen molar-refractivity contribution in [3.63, 3.8) is 0 Å². The lowest BCUT2D eigenvalue weighted by molar-refractivity contribution is 0.427. The number of nitrogens with zero attached hydrogens (tertiary/aromatic N) is 2. The molecule has 0 aliphatic rings. The maximum absolute atomic E-state index is 13.7. The first-order valence-corrected chi connectivity index (χ1v) is 10.8. The molecule has 6 heteroatoms. The van der Waals surface area contributed by atoms with Crippen LogP contribution in [-0.4, -0.2) is 20.1 Å². The lowest BCUT2D eigenvalue weighted by Crippen LogP contribution is -2.31. The molecule has 0 N–H and O–H groups in total. The average Bonchev–Trinajstić information content (AvgIpc) is 3.08. The van der Waals surface area contributed by atoms with Gasteiger partial charge in [-0.1, -0.05) is 43.3 Å². The number of hydrogen-bond donors (Lipinski definition) is 0. The molecule has 0 aliphatic heterocycles. The van der Waals surface area contributed by atoms with Crippen LogP contribution >= 0.6 is 0 Å². The Morgan fingerprint density at radius 2 is 1.82 bits per heavy atom. The van der Waals surface area contributed by atoms with E-state index in [1.807, 2.05) is 71.0 Å². The van der Waals surface area contributed by atoms with Crippen molar-refractivity contribution in [2.24, 2.45) is 0 Å². The molecule has 2 aromatic carbocycles. The highest BCUT2D eigenvalue weighted by atomic mass is 32.2. The first kappa shape index (κ1) is 20.1. The molecular formula is C22H26N2O3S. The Labute approximate surface area is 167 Å². The van der Waals surface area contributed by atoms with Crippen molar-refractivity contribution < 1.29 is 12.9 Å². The summed E-state index contributed by atoms with van der Waals surface area (Å²) in [6.45, 7) is 9.97. The van der Waals surface area contributed by atoms with Gasteiger partial charge in [-0.2, -0.15) is 0 Å². The van der Waals surface area contributed by atoms with E-state index in [1.165, 1.54) is 4.31 Å². The van der Waals surface area contributed by atoms with Crippen LogP contribution in [0.2, 0.25) is 0 Å². The van der Waals surface area contributed by atoms with E-state index in [-0.39, 0.29) is 5.92 Å². The normalized spacial score (nSPS) is 11.8. The van der Waals surface area contributed by atoms with E-state index in [0.717, 1.165) is 16.8 Å². The Balaban J connectivity index is 2.18. The van der Waals surface area contributed by atoms with Gasteiger partial charge in [0.15, 0.2) is 5.76 Å². The van der Waals surface area contributed by atoms with Gasteiger partial charge in [0.25, 0.3) is 10.0 Å². The quantitative estimate of drug-likeness (QED) is 0.565. The van der Waals surface area contributed by atoms with Gasteiger partial charge in [0.2, 0.25) is 0 Å². The summed E-state index contributed by atoms with van der Waals surface area (Å²) in [6.07, 6.45) is 0. The Morgan fingerprint density at radius 3 is 2.39 bits per heavy atom. The van der Waals surface area contributed by atoms with Crippen molar-refractivity contribution in [3.05, 3.63) is 65.4 Å². The molecule has 28 heavy (non-hydrogen) atoms. The zero-order valence-corrected chi connectivity index (χ0v) is 17.7. The molecule has 0 amide bonds. The molecule has 1 heterocycles. The standard InChI is InChI=1S/C22H26N2O3S/c1-6-24(19-9-7-8-16(4)12-19)28(25,26)22-14-18(10-11-20(22)15(2)3)21-13-17(5)23-27-21/h7-15H,6H2,1-5H3. The lowest BCUT2D eigenvalue weighted by Gasteiger charge is -2.25. The molecule has 0 saturated carbocycles. The fourth-order valence-corrected chi connectivity index (χ4v) is 5.13. The number of benzene rings is 2. The van der Waals surface area contributed by atoms with Gasteiger partial charge < -0.3 is 4.52 Å². The summed E-state index contributed by atoms with van der Waals surface area (Å²) in [5.74, 6) is 0.620. The molecular weight excluding hydrogens is 372 g/mol. The summed E-state index contributed by atoms with van der Waals surface area (Å²) < 4.78 is 34.1. The van der Waals surface area contributed by atoms with Gasteiger partial charge in [-0.25, -0.2) is 8.42 Å². The van der Waals surface area contributed by atoms with Crippen LogP contribution in [0.1, 0.15) is 43.5 Å². The molecule has 0 bridgehead atoms. The first-order valence-electron chi connectivity index (χ1n) is 9.41. The second-order valence-electron chi connectivity index (χ2n) is 7.25. The van der Waals surface area contributed by atoms with E-state index in [0.29, 0.717) is 28.5 Å². The minimum absolute atomic E-state index is 0.0616. The summed E-state index contributed by atoms with van der Waals surface area (Å²) in [7, 11) is -3.75. The highest BCUT2D eigenvalue weighted by molar-refractivity contribution is 7.92. The van der Waals surface area contributed by atoms with Gasteiger partial charge in [-0.15, -0.1) is 0 Å². The predicted octanol–water partition coefficient (Wildman–Crippen LogP) is 5.30. The highest BCUT2D eigenvalue weighted by Crippen LogP contribution is 2.33. The number of rotatable bonds is 6. The van der Waals surface area contributed by atoms with Crippen LogP contribution in [0.4, 0.5) is 5.69 Å². The molecule has 0 fully saturated rings. The van der Waals surface area contributed by atoms with E-state index in [9.17, 15) is 8.42 Å². The third-order valence-corrected chi connectivity index (χ3v) is 6.65. The molecule has 0 atom stereocenters. The van der Waals surface area contributed by atoms with Crippen LogP contribution in [0.25, 0.3) is 11.3 Å². The molecule has 1 aromatic heterocycles. The van der Waals surface area contributed by atoms with Crippen LogP contribution in [0.5, 0.6) is 0 Å². The molecule has 5 nitrogen and oxygen atoms in total. The fraction of sp³-hybridized carbons (Fsp3) is 0.318. The predicted molar refractivity (Wildman–Crippen MR) is 112 cm³/mol. The van der Waals surface area contributed by atoms with Gasteiger partial charge in [0, 0.05) is 18.2 Å². The second-order valence-corrected chi connectivity index (χ2v) is 9.08. The lowest BCUT2D eigenvalue weighted by atomic mass is 10.0. The molecule has 3 aromatic rings. The topological polar surface area (TPSA) is 63.4 Å². The minimum atomic E-state index is -3.75. The van der Waals surface area contributed by atoms with E-state index in [2.05, 4.69) is 5.16 Å². The monoisotopic (exact) mass is 398 g/mol. The Morgan fingerprint density at radius 1 is 1.07 bits per heavy atom. The van der Waals surface area contributed by atoms with Crippen LogP contribution in [0, 0.1) is 13.8 Å². The van der Waals surface area contributed by atoms with E-state index >= 15 is 0 Å². The van der Waals surface area contributed by atoms with Gasteiger partial charge in [-0.05, 0) is 56.0 Å². The molecule has 0 unspecified atom stereocenters. The first-order chi connectivity index (χ1) is 13.2. The van der Waals surface area contributed by atoms with Gasteiger partial charge in [0.05, 0.1) is 16.3 Å². The van der Waals surface area contributed by atoms with Crippen LogP contribution in [0.3, 0.4) is 0 Å². The van der Waals surface area contributed by atoms with Crippen LogP contribution in [0.15, 0.2) is 57.9 Å². The largest absolute Gasteiger partial charge is 0.356 e. The highest BCUT2D eigenvalue weighted by Gasteiger charge is 2.28. The summed E-state index contributed by atoms with van der Waals surface area (Å²) in [4.78, 5) is 0.303. The smallest absolute Gasteiger partial charge is 0.264 e. The molecule has 3 rings (SSSR count). The van der Waals surface area contributed by atoms with E-state index < -0.39 is 10.0 Å². The second kappa shape index (κ2) is 7.80. The van der Waals surface area contributed by atoms with Crippen LogP contribution < -0.4 is 4.31 Å². The van der Waals surface area contributed by atoms with Gasteiger partial charge >= 0.3 is 0 Å². The van der Waals surface area contributed by atoms with Crippen molar-refractivity contribution in [3.8, 4) is 11.3 Å². The maximum atomic E-state index is 13.7. The van der Waals surface area contributed by atoms with Crippen molar-refractivity contribution in [1.82, 2.24) is 5.16 Å². The van der Waals surface area contributed by atoms with Crippen molar-refractivity contribution in [2.45, 2.75) is 45.4 Å².